The maximum Gasteiger partial charge on any atom is 0.0951 e. The van der Waals surface area contributed by atoms with Gasteiger partial charge in [-0.05, 0) is 5.56 Å². The molecule has 0 saturated carbocycles. The number of nitriles is 1. The third-order valence-electron chi connectivity index (χ3n) is 2.25. The molecule has 0 spiro atoms. The van der Waals surface area contributed by atoms with Gasteiger partial charge in [-0.2, -0.15) is 5.26 Å². The Hall–Kier alpha value is -2.08. The molecule has 3 nitrogen and oxygen atoms in total. The molecule has 0 aliphatic carbocycles. The number of imidazole rings is 1. The number of rotatable bonds is 3. The molecule has 0 unspecified atom stereocenters. The van der Waals surface area contributed by atoms with Gasteiger partial charge in [0.1, 0.15) is 0 Å². The van der Waals surface area contributed by atoms with Gasteiger partial charge in [0, 0.05) is 12.7 Å². The van der Waals surface area contributed by atoms with Crippen LogP contribution in [-0.4, -0.2) is 9.55 Å². The van der Waals surface area contributed by atoms with Crippen LogP contribution in [0, 0.1) is 11.3 Å². The minimum atomic E-state index is 0.410. The van der Waals surface area contributed by atoms with Crippen molar-refractivity contribution in [2.24, 2.45) is 0 Å². The maximum absolute atomic E-state index is 8.64. The van der Waals surface area contributed by atoms with E-state index in [-0.39, 0.29) is 0 Å². The molecule has 1 heterocycles. The number of benzene rings is 1. The lowest BCUT2D eigenvalue weighted by atomic mass is 10.2. The first-order chi connectivity index (χ1) is 7.40. The fourth-order valence-corrected chi connectivity index (χ4v) is 1.50. The quantitative estimate of drug-likeness (QED) is 0.755. The minimum absolute atomic E-state index is 0.410. The van der Waals surface area contributed by atoms with Crippen molar-refractivity contribution in [3.63, 3.8) is 0 Å². The van der Waals surface area contributed by atoms with E-state index in [1.165, 1.54) is 5.56 Å². The third-order valence-corrected chi connectivity index (χ3v) is 2.25. The summed E-state index contributed by atoms with van der Waals surface area (Å²) in [6.07, 6.45) is 3.92. The van der Waals surface area contributed by atoms with Gasteiger partial charge >= 0.3 is 0 Å². The Morgan fingerprint density at radius 1 is 1.27 bits per heavy atom. The van der Waals surface area contributed by atoms with Crippen molar-refractivity contribution in [3.8, 4) is 6.07 Å². The molecule has 15 heavy (non-hydrogen) atoms. The lowest BCUT2D eigenvalue weighted by Gasteiger charge is -2.05. The lowest BCUT2D eigenvalue weighted by molar-refractivity contribution is 0.758. The van der Waals surface area contributed by atoms with Crippen molar-refractivity contribution >= 4 is 0 Å². The lowest BCUT2D eigenvalue weighted by Crippen LogP contribution is -2.02. The topological polar surface area (TPSA) is 41.6 Å². The summed E-state index contributed by atoms with van der Waals surface area (Å²) < 4.78 is 2.00. The number of nitrogens with zero attached hydrogens (tertiary/aromatic N) is 3. The smallest absolute Gasteiger partial charge is 0.0951 e. The molecule has 0 atom stereocenters. The van der Waals surface area contributed by atoms with Gasteiger partial charge < -0.3 is 4.57 Å². The minimum Gasteiger partial charge on any atom is -0.329 e. The summed E-state index contributed by atoms with van der Waals surface area (Å²) in [6.45, 7) is 0.776. The molecule has 0 bridgehead atoms. The van der Waals surface area contributed by atoms with Crippen molar-refractivity contribution in [1.29, 1.82) is 5.26 Å². The monoisotopic (exact) mass is 197 g/mol. The van der Waals surface area contributed by atoms with E-state index in [1.807, 2.05) is 22.8 Å². The van der Waals surface area contributed by atoms with E-state index >= 15 is 0 Å². The van der Waals surface area contributed by atoms with Gasteiger partial charge in [0.15, 0.2) is 0 Å². The average Bonchev–Trinajstić information content (AvgIpc) is 2.68. The molecule has 2 rings (SSSR count). The second-order valence-electron chi connectivity index (χ2n) is 3.33. The van der Waals surface area contributed by atoms with Crippen LogP contribution in [0.4, 0.5) is 0 Å². The normalized spacial score (nSPS) is 9.80. The van der Waals surface area contributed by atoms with Gasteiger partial charge in [-0.15, -0.1) is 0 Å². The average molecular weight is 197 g/mol. The van der Waals surface area contributed by atoms with Crippen LogP contribution in [0.5, 0.6) is 0 Å². The second-order valence-corrected chi connectivity index (χ2v) is 3.33. The van der Waals surface area contributed by atoms with Crippen molar-refractivity contribution < 1.29 is 0 Å². The number of hydrogen-bond acceptors (Lipinski definition) is 2. The van der Waals surface area contributed by atoms with Crippen LogP contribution >= 0.6 is 0 Å². The maximum atomic E-state index is 8.64. The zero-order valence-corrected chi connectivity index (χ0v) is 8.30. The van der Waals surface area contributed by atoms with Crippen molar-refractivity contribution in [2.75, 3.05) is 0 Å². The molecule has 0 amide bonds. The highest BCUT2D eigenvalue weighted by molar-refractivity contribution is 5.16. The van der Waals surface area contributed by atoms with Crippen LogP contribution in [0.1, 0.15) is 11.3 Å². The van der Waals surface area contributed by atoms with Crippen LogP contribution < -0.4 is 0 Å². The highest BCUT2D eigenvalue weighted by atomic mass is 15.0. The van der Waals surface area contributed by atoms with Crippen LogP contribution in [-0.2, 0) is 13.0 Å². The molecule has 0 fully saturated rings. The van der Waals surface area contributed by atoms with E-state index in [1.54, 1.807) is 12.5 Å². The number of hydrogen-bond donors (Lipinski definition) is 0. The fraction of sp³-hybridized carbons (Fsp3) is 0.167. The first-order valence-corrected chi connectivity index (χ1v) is 4.80. The fourth-order valence-electron chi connectivity index (χ4n) is 1.50. The summed E-state index contributed by atoms with van der Waals surface area (Å²) in [6, 6.07) is 12.3. The molecule has 0 aliphatic rings. The van der Waals surface area contributed by atoms with Gasteiger partial charge in [0.2, 0.25) is 0 Å². The summed E-state index contributed by atoms with van der Waals surface area (Å²) in [5.41, 5.74) is 2.18. The summed E-state index contributed by atoms with van der Waals surface area (Å²) in [7, 11) is 0. The first kappa shape index (κ1) is 9.47. The number of aromatic nitrogens is 2. The molecule has 1 aromatic heterocycles. The summed E-state index contributed by atoms with van der Waals surface area (Å²) in [5, 5.41) is 8.64. The first-order valence-electron chi connectivity index (χ1n) is 4.80. The predicted octanol–water partition coefficient (Wildman–Crippen LogP) is 2.00. The Labute approximate surface area is 88.6 Å². The molecule has 1 aromatic carbocycles. The van der Waals surface area contributed by atoms with E-state index in [0.29, 0.717) is 6.42 Å². The Balaban J connectivity index is 2.18. The third kappa shape index (κ3) is 2.23. The summed E-state index contributed by atoms with van der Waals surface area (Å²) in [4.78, 5) is 4.05. The van der Waals surface area contributed by atoms with Crippen LogP contribution in [0.2, 0.25) is 0 Å². The Morgan fingerprint density at radius 3 is 2.80 bits per heavy atom. The molecule has 2 aromatic rings. The zero-order valence-electron chi connectivity index (χ0n) is 8.30. The zero-order chi connectivity index (χ0) is 10.5. The van der Waals surface area contributed by atoms with E-state index < -0.39 is 0 Å². The molecule has 0 aliphatic heterocycles. The molecule has 74 valence electrons. The van der Waals surface area contributed by atoms with Crippen LogP contribution in [0.3, 0.4) is 0 Å². The second kappa shape index (κ2) is 4.43. The molecule has 3 heteroatoms. The Kier molecular flexibility index (Phi) is 2.80. The van der Waals surface area contributed by atoms with E-state index in [9.17, 15) is 0 Å². The molecule has 0 N–H and O–H groups in total. The molecular weight excluding hydrogens is 186 g/mol. The van der Waals surface area contributed by atoms with Gasteiger partial charge in [0.05, 0.1) is 24.5 Å². The largest absolute Gasteiger partial charge is 0.329 e. The van der Waals surface area contributed by atoms with Crippen LogP contribution in [0.15, 0.2) is 42.9 Å². The SMILES string of the molecule is N#CCc1cncn1Cc1ccccc1. The van der Waals surface area contributed by atoms with E-state index in [2.05, 4.69) is 23.2 Å². The molecule has 0 saturated heterocycles. The predicted molar refractivity (Wildman–Crippen MR) is 57.1 cm³/mol. The van der Waals surface area contributed by atoms with E-state index in [4.69, 9.17) is 5.26 Å². The van der Waals surface area contributed by atoms with Gasteiger partial charge in [-0.1, -0.05) is 30.3 Å². The molecular formula is C12H11N3. The van der Waals surface area contributed by atoms with Crippen molar-refractivity contribution in [1.82, 2.24) is 9.55 Å². The van der Waals surface area contributed by atoms with Crippen molar-refractivity contribution in [3.05, 3.63) is 54.1 Å². The van der Waals surface area contributed by atoms with Gasteiger partial charge in [0.25, 0.3) is 0 Å². The van der Waals surface area contributed by atoms with Gasteiger partial charge in [-0.3, -0.25) is 0 Å². The van der Waals surface area contributed by atoms with Crippen LogP contribution in [0.25, 0.3) is 0 Å². The Bertz CT molecular complexity index is 465. The standard InChI is InChI=1S/C12H11N3/c13-7-6-12-8-14-10-15(12)9-11-4-2-1-3-5-11/h1-5,8,10H,6,9H2. The van der Waals surface area contributed by atoms with Crippen molar-refractivity contribution in [2.45, 2.75) is 13.0 Å². The molecule has 0 radical (unpaired) electrons. The van der Waals surface area contributed by atoms with Gasteiger partial charge in [-0.25, -0.2) is 4.98 Å². The summed E-state index contributed by atoms with van der Waals surface area (Å²) >= 11 is 0. The highest BCUT2D eigenvalue weighted by Gasteiger charge is 2.01. The highest BCUT2D eigenvalue weighted by Crippen LogP contribution is 2.06. The summed E-state index contributed by atoms with van der Waals surface area (Å²) in [5.74, 6) is 0. The Morgan fingerprint density at radius 2 is 2.07 bits per heavy atom. The van der Waals surface area contributed by atoms with E-state index in [0.717, 1.165) is 12.2 Å².